The third-order valence-electron chi connectivity index (χ3n) is 3.85. The number of hydrogen-bond acceptors (Lipinski definition) is 4. The molecule has 0 bridgehead atoms. The highest BCUT2D eigenvalue weighted by Crippen LogP contribution is 2.23. The fourth-order valence-corrected chi connectivity index (χ4v) is 2.55. The van der Waals surface area contributed by atoms with Crippen LogP contribution in [-0.2, 0) is 14.6 Å². The van der Waals surface area contributed by atoms with Crippen molar-refractivity contribution in [2.45, 2.75) is 50.3 Å². The van der Waals surface area contributed by atoms with E-state index in [2.05, 4.69) is 5.32 Å². The molecule has 18 heavy (non-hydrogen) atoms. The average molecular weight is 276 g/mol. The van der Waals surface area contributed by atoms with Crippen molar-refractivity contribution in [3.05, 3.63) is 0 Å². The summed E-state index contributed by atoms with van der Waals surface area (Å²) in [6, 6.07) is 0.212. The van der Waals surface area contributed by atoms with Crippen molar-refractivity contribution in [2.24, 2.45) is 11.7 Å². The van der Waals surface area contributed by atoms with E-state index in [1.165, 1.54) is 13.8 Å². The van der Waals surface area contributed by atoms with Gasteiger partial charge in [0.25, 0.3) is 0 Å². The standard InChI is InChI=1S/C12H24N2O3S/c1-12(2,18(3,16)17)11(15)14-8-9-5-4-6-10(13)7-9/h9-10H,4-8,13H2,1-3H3,(H,14,15). The van der Waals surface area contributed by atoms with Gasteiger partial charge in [0.05, 0.1) is 0 Å². The minimum Gasteiger partial charge on any atom is -0.354 e. The van der Waals surface area contributed by atoms with Gasteiger partial charge >= 0.3 is 0 Å². The van der Waals surface area contributed by atoms with Crippen molar-refractivity contribution in [1.82, 2.24) is 5.32 Å². The monoisotopic (exact) mass is 276 g/mol. The SMILES string of the molecule is CC(C)(C(=O)NCC1CCCC(N)C1)S(C)(=O)=O. The maximum atomic E-state index is 11.9. The van der Waals surface area contributed by atoms with Crippen LogP contribution in [-0.4, -0.2) is 37.9 Å². The first-order chi connectivity index (χ1) is 8.14. The van der Waals surface area contributed by atoms with Crippen LogP contribution in [0.3, 0.4) is 0 Å². The Morgan fingerprint density at radius 1 is 1.39 bits per heavy atom. The Balaban J connectivity index is 2.51. The summed E-state index contributed by atoms with van der Waals surface area (Å²) in [6.07, 6.45) is 5.16. The van der Waals surface area contributed by atoms with E-state index in [9.17, 15) is 13.2 Å². The van der Waals surface area contributed by atoms with Crippen molar-refractivity contribution in [2.75, 3.05) is 12.8 Å². The zero-order valence-electron chi connectivity index (χ0n) is 11.4. The average Bonchev–Trinajstić information content (AvgIpc) is 2.24. The van der Waals surface area contributed by atoms with E-state index in [1.54, 1.807) is 0 Å². The van der Waals surface area contributed by atoms with Crippen LogP contribution in [0, 0.1) is 5.92 Å². The van der Waals surface area contributed by atoms with Crippen LogP contribution >= 0.6 is 0 Å². The van der Waals surface area contributed by atoms with E-state index in [4.69, 9.17) is 5.73 Å². The molecule has 0 saturated heterocycles. The lowest BCUT2D eigenvalue weighted by molar-refractivity contribution is -0.123. The van der Waals surface area contributed by atoms with Crippen molar-refractivity contribution in [1.29, 1.82) is 0 Å². The zero-order valence-corrected chi connectivity index (χ0v) is 12.2. The summed E-state index contributed by atoms with van der Waals surface area (Å²) in [5.74, 6) is -0.0581. The van der Waals surface area contributed by atoms with Crippen LogP contribution in [0.5, 0.6) is 0 Å². The number of carbonyl (C=O) groups excluding carboxylic acids is 1. The molecule has 0 aromatic heterocycles. The first-order valence-electron chi connectivity index (χ1n) is 6.38. The molecule has 0 heterocycles. The third-order valence-corrected chi connectivity index (χ3v) is 5.89. The molecule has 1 amide bonds. The molecule has 1 fully saturated rings. The summed E-state index contributed by atoms with van der Waals surface area (Å²) in [5, 5.41) is 2.75. The summed E-state index contributed by atoms with van der Waals surface area (Å²) in [7, 11) is -3.40. The van der Waals surface area contributed by atoms with Gasteiger partial charge in [0.2, 0.25) is 5.91 Å². The molecule has 1 aliphatic carbocycles. The van der Waals surface area contributed by atoms with Gasteiger partial charge in [-0.3, -0.25) is 4.79 Å². The molecule has 2 unspecified atom stereocenters. The molecule has 1 rings (SSSR count). The third kappa shape index (κ3) is 3.68. The highest BCUT2D eigenvalue weighted by molar-refractivity contribution is 7.92. The van der Waals surface area contributed by atoms with E-state index in [1.807, 2.05) is 0 Å². The van der Waals surface area contributed by atoms with Crippen LogP contribution in [0.25, 0.3) is 0 Å². The Labute approximate surface area is 109 Å². The van der Waals surface area contributed by atoms with E-state index < -0.39 is 20.5 Å². The van der Waals surface area contributed by atoms with Crippen molar-refractivity contribution >= 4 is 15.7 Å². The summed E-state index contributed by atoms with van der Waals surface area (Å²) >= 11 is 0. The summed E-state index contributed by atoms with van der Waals surface area (Å²) in [4.78, 5) is 11.9. The van der Waals surface area contributed by atoms with E-state index in [0.29, 0.717) is 12.5 Å². The summed E-state index contributed by atoms with van der Waals surface area (Å²) in [6.45, 7) is 3.39. The predicted molar refractivity (Wildman–Crippen MR) is 71.9 cm³/mol. The van der Waals surface area contributed by atoms with Gasteiger partial charge in [-0.05, 0) is 39.0 Å². The largest absolute Gasteiger partial charge is 0.354 e. The van der Waals surface area contributed by atoms with Gasteiger partial charge in [-0.25, -0.2) is 8.42 Å². The van der Waals surface area contributed by atoms with Crippen LogP contribution in [0.15, 0.2) is 0 Å². The van der Waals surface area contributed by atoms with Gasteiger partial charge < -0.3 is 11.1 Å². The molecule has 106 valence electrons. The van der Waals surface area contributed by atoms with Crippen LogP contribution < -0.4 is 11.1 Å². The Kier molecular flexibility index (Phi) is 4.78. The smallest absolute Gasteiger partial charge is 0.240 e. The predicted octanol–water partition coefficient (Wildman–Crippen LogP) is 0.443. The van der Waals surface area contributed by atoms with E-state index >= 15 is 0 Å². The van der Waals surface area contributed by atoms with Crippen LogP contribution in [0.2, 0.25) is 0 Å². The van der Waals surface area contributed by atoms with Gasteiger partial charge in [-0.15, -0.1) is 0 Å². The molecule has 5 nitrogen and oxygen atoms in total. The minimum absolute atomic E-state index is 0.212. The summed E-state index contributed by atoms with van der Waals surface area (Å²) in [5.41, 5.74) is 5.88. The van der Waals surface area contributed by atoms with Gasteiger partial charge in [-0.2, -0.15) is 0 Å². The number of rotatable bonds is 4. The van der Waals surface area contributed by atoms with Crippen LogP contribution in [0.1, 0.15) is 39.5 Å². The number of sulfone groups is 1. The molecule has 0 radical (unpaired) electrons. The molecule has 0 aromatic rings. The number of hydrogen-bond donors (Lipinski definition) is 2. The van der Waals surface area contributed by atoms with E-state index in [-0.39, 0.29) is 6.04 Å². The molecular formula is C12H24N2O3S. The lowest BCUT2D eigenvalue weighted by atomic mass is 9.86. The Morgan fingerprint density at radius 2 is 2.00 bits per heavy atom. The number of amides is 1. The molecule has 0 aliphatic heterocycles. The molecule has 0 spiro atoms. The highest BCUT2D eigenvalue weighted by Gasteiger charge is 2.38. The fourth-order valence-electron chi connectivity index (χ4n) is 2.14. The lowest BCUT2D eigenvalue weighted by Crippen LogP contribution is -2.49. The van der Waals surface area contributed by atoms with Crippen LogP contribution in [0.4, 0.5) is 0 Å². The minimum atomic E-state index is -3.40. The number of nitrogens with one attached hydrogen (secondary N) is 1. The summed E-state index contributed by atoms with van der Waals surface area (Å²) < 4.78 is 21.7. The first kappa shape index (κ1) is 15.4. The van der Waals surface area contributed by atoms with E-state index in [0.717, 1.165) is 31.9 Å². The Bertz CT molecular complexity index is 404. The Morgan fingerprint density at radius 3 is 2.50 bits per heavy atom. The quantitative estimate of drug-likeness (QED) is 0.780. The zero-order chi connectivity index (χ0) is 14.0. The maximum Gasteiger partial charge on any atom is 0.240 e. The molecule has 6 heteroatoms. The maximum absolute atomic E-state index is 11.9. The van der Waals surface area contributed by atoms with Crippen molar-refractivity contribution in [3.8, 4) is 0 Å². The van der Waals surface area contributed by atoms with Gasteiger partial charge in [-0.1, -0.05) is 6.42 Å². The molecular weight excluding hydrogens is 252 g/mol. The second-order valence-corrected chi connectivity index (χ2v) is 8.35. The Hall–Kier alpha value is -0.620. The second-order valence-electron chi connectivity index (χ2n) is 5.79. The molecule has 1 aliphatic rings. The lowest BCUT2D eigenvalue weighted by Gasteiger charge is -2.28. The molecule has 0 aromatic carbocycles. The highest BCUT2D eigenvalue weighted by atomic mass is 32.2. The topological polar surface area (TPSA) is 89.3 Å². The number of nitrogens with two attached hydrogens (primary N) is 1. The second kappa shape index (κ2) is 5.57. The van der Waals surface area contributed by atoms with Gasteiger partial charge in [0.1, 0.15) is 4.75 Å². The molecule has 3 N–H and O–H groups in total. The van der Waals surface area contributed by atoms with Gasteiger partial charge in [0.15, 0.2) is 9.84 Å². The molecule has 2 atom stereocenters. The normalized spacial score (nSPS) is 25.8. The van der Waals surface area contributed by atoms with Crippen molar-refractivity contribution < 1.29 is 13.2 Å². The van der Waals surface area contributed by atoms with Crippen molar-refractivity contribution in [3.63, 3.8) is 0 Å². The first-order valence-corrected chi connectivity index (χ1v) is 8.27. The van der Waals surface area contributed by atoms with Gasteiger partial charge in [0, 0.05) is 18.8 Å². The number of carbonyl (C=O) groups is 1. The molecule has 1 saturated carbocycles. The fraction of sp³-hybridized carbons (Fsp3) is 0.917.